The zero-order chi connectivity index (χ0) is 18.3. The highest BCUT2D eigenvalue weighted by molar-refractivity contribution is 6.94. The molecule has 0 radical (unpaired) electrons. The van der Waals surface area contributed by atoms with Gasteiger partial charge in [0.05, 0.1) is 0 Å². The molecule has 0 aliphatic rings. The van der Waals surface area contributed by atoms with Gasteiger partial charge in [0.1, 0.15) is 0 Å². The topological polar surface area (TPSA) is 9.23 Å². The smallest absolute Gasteiger partial charge is 0.210 e. The third-order valence-corrected chi connectivity index (χ3v) is 18.4. The first kappa shape index (κ1) is 22.9. The molecule has 0 aromatic heterocycles. The van der Waals surface area contributed by atoms with Crippen molar-refractivity contribution >= 4 is 16.6 Å². The summed E-state index contributed by atoms with van der Waals surface area (Å²) in [6.07, 6.45) is 4.69. The molecule has 136 valence electrons. The van der Waals surface area contributed by atoms with Crippen molar-refractivity contribution in [2.24, 2.45) is 0 Å². The molecule has 0 saturated heterocycles. The highest BCUT2D eigenvalue weighted by Crippen LogP contribution is 2.47. The van der Waals surface area contributed by atoms with Gasteiger partial charge in [-0.3, -0.25) is 0 Å². The van der Waals surface area contributed by atoms with E-state index in [4.69, 9.17) is 4.12 Å². The zero-order valence-corrected chi connectivity index (χ0v) is 19.1. The predicted octanol–water partition coefficient (Wildman–Crippen LogP) is 7.54. The van der Waals surface area contributed by atoms with Crippen LogP contribution in [0.1, 0.15) is 81.1 Å². The van der Waals surface area contributed by atoms with Gasteiger partial charge in [0, 0.05) is 0 Å². The summed E-state index contributed by atoms with van der Waals surface area (Å²) in [7, 11) is -4.07. The van der Waals surface area contributed by atoms with Gasteiger partial charge in [-0.05, 0) is 22.2 Å². The van der Waals surface area contributed by atoms with Gasteiger partial charge in [-0.15, -0.1) is 13.2 Å². The molecule has 0 heterocycles. The fourth-order valence-electron chi connectivity index (χ4n) is 3.84. The quantitative estimate of drug-likeness (QED) is 0.329. The molecule has 0 saturated carbocycles. The first-order valence-corrected chi connectivity index (χ1v) is 14.0. The second-order valence-corrected chi connectivity index (χ2v) is 16.4. The lowest BCUT2D eigenvalue weighted by atomic mass is 10.3. The molecular weight excluding hydrogens is 312 g/mol. The van der Waals surface area contributed by atoms with Crippen LogP contribution in [-0.4, -0.2) is 16.6 Å². The van der Waals surface area contributed by atoms with Crippen molar-refractivity contribution in [1.29, 1.82) is 0 Å². The Morgan fingerprint density at radius 3 is 1.00 bits per heavy atom. The van der Waals surface area contributed by atoms with E-state index in [0.29, 0.717) is 22.2 Å². The average molecular weight is 355 g/mol. The second kappa shape index (κ2) is 10.00. The van der Waals surface area contributed by atoms with Crippen LogP contribution in [0.2, 0.25) is 22.2 Å². The predicted molar refractivity (Wildman–Crippen MR) is 112 cm³/mol. The molecule has 0 aromatic carbocycles. The summed E-state index contributed by atoms with van der Waals surface area (Å²) in [6, 6.07) is 0. The van der Waals surface area contributed by atoms with Gasteiger partial charge in [0.2, 0.25) is 16.6 Å². The third kappa shape index (κ3) is 4.49. The van der Waals surface area contributed by atoms with Gasteiger partial charge in [-0.1, -0.05) is 92.5 Å². The molecule has 4 unspecified atom stereocenters. The molecule has 0 aliphatic carbocycles. The summed E-state index contributed by atoms with van der Waals surface area (Å²) in [5.41, 5.74) is 6.94. The normalized spacial score (nSPS) is 22.3. The SMILES string of the molecule is C=C[Si](O[Si](C=C)(C(C)CC)C(C)CC)(C(C)CC)C(C)CC. The van der Waals surface area contributed by atoms with Crippen LogP contribution in [0, 0.1) is 0 Å². The van der Waals surface area contributed by atoms with Crippen LogP contribution < -0.4 is 0 Å². The molecular formula is C20H42OSi2. The van der Waals surface area contributed by atoms with Crippen molar-refractivity contribution in [3.05, 3.63) is 24.6 Å². The molecule has 0 amide bonds. The molecule has 0 bridgehead atoms. The highest BCUT2D eigenvalue weighted by atomic mass is 28.4. The lowest BCUT2D eigenvalue weighted by Crippen LogP contribution is -2.57. The zero-order valence-electron chi connectivity index (χ0n) is 17.1. The molecule has 0 aliphatic heterocycles. The van der Waals surface area contributed by atoms with E-state index < -0.39 is 16.6 Å². The van der Waals surface area contributed by atoms with E-state index in [-0.39, 0.29) is 0 Å². The molecule has 23 heavy (non-hydrogen) atoms. The van der Waals surface area contributed by atoms with Crippen molar-refractivity contribution in [1.82, 2.24) is 0 Å². The summed E-state index contributed by atoms with van der Waals surface area (Å²) in [4.78, 5) is 0. The first-order valence-electron chi connectivity index (χ1n) is 9.73. The van der Waals surface area contributed by atoms with Crippen LogP contribution >= 0.6 is 0 Å². The molecule has 0 spiro atoms. The first-order chi connectivity index (χ1) is 10.8. The van der Waals surface area contributed by atoms with Gasteiger partial charge in [0.15, 0.2) is 0 Å². The molecule has 0 rings (SSSR count). The minimum atomic E-state index is -2.04. The van der Waals surface area contributed by atoms with Gasteiger partial charge < -0.3 is 4.12 Å². The van der Waals surface area contributed by atoms with Crippen molar-refractivity contribution in [3.8, 4) is 0 Å². The minimum absolute atomic E-state index is 0.606. The Hall–Kier alpha value is -0.126. The van der Waals surface area contributed by atoms with Gasteiger partial charge in [0.25, 0.3) is 0 Å². The van der Waals surface area contributed by atoms with Gasteiger partial charge in [-0.25, -0.2) is 0 Å². The summed E-state index contributed by atoms with van der Waals surface area (Å²) < 4.78 is 7.38. The number of hydrogen-bond donors (Lipinski definition) is 0. The Morgan fingerprint density at radius 2 is 0.870 bits per heavy atom. The molecule has 4 atom stereocenters. The Balaban J connectivity index is 6.15. The molecule has 0 N–H and O–H groups in total. The fraction of sp³-hybridized carbons (Fsp3) is 0.800. The van der Waals surface area contributed by atoms with Crippen LogP contribution in [0.4, 0.5) is 0 Å². The summed E-state index contributed by atoms with van der Waals surface area (Å²) in [5, 5.41) is 0. The molecule has 0 aromatic rings. The largest absolute Gasteiger partial charge is 0.448 e. The van der Waals surface area contributed by atoms with E-state index in [0.717, 1.165) is 0 Å². The molecule has 0 fully saturated rings. The Labute approximate surface area is 148 Å². The second-order valence-electron chi connectivity index (χ2n) is 7.45. The van der Waals surface area contributed by atoms with Crippen LogP contribution in [0.15, 0.2) is 24.6 Å². The van der Waals surface area contributed by atoms with Crippen molar-refractivity contribution in [2.45, 2.75) is 103 Å². The molecule has 1 nitrogen and oxygen atoms in total. The van der Waals surface area contributed by atoms with E-state index in [9.17, 15) is 0 Å². The third-order valence-electron chi connectivity index (χ3n) is 6.52. The maximum Gasteiger partial charge on any atom is 0.210 e. The van der Waals surface area contributed by atoms with Crippen molar-refractivity contribution in [2.75, 3.05) is 0 Å². The van der Waals surface area contributed by atoms with Crippen molar-refractivity contribution < 1.29 is 4.12 Å². The van der Waals surface area contributed by atoms with E-state index >= 15 is 0 Å². The standard InChI is InChI=1S/C20H42OSi2/c1-11-17(7)22(15-5,18(8)12-2)21-23(16-6,19(9)13-3)20(10)14-4/h15-20H,5-6,11-14H2,1-4,7-10H3. The fourth-order valence-corrected chi connectivity index (χ4v) is 16.3. The lowest BCUT2D eigenvalue weighted by molar-refractivity contribution is 0.453. The number of rotatable bonds is 12. The molecule has 3 heteroatoms. The number of hydrogen-bond acceptors (Lipinski definition) is 1. The van der Waals surface area contributed by atoms with Gasteiger partial charge >= 0.3 is 0 Å². The van der Waals surface area contributed by atoms with Crippen LogP contribution in [0.5, 0.6) is 0 Å². The van der Waals surface area contributed by atoms with Crippen LogP contribution in [0.3, 0.4) is 0 Å². The summed E-state index contributed by atoms with van der Waals surface area (Å²) in [5.74, 6) is 0. The monoisotopic (exact) mass is 354 g/mol. The van der Waals surface area contributed by atoms with Crippen LogP contribution in [-0.2, 0) is 4.12 Å². The Kier molecular flexibility index (Phi) is 9.94. The van der Waals surface area contributed by atoms with E-state index in [1.807, 2.05) is 0 Å². The lowest BCUT2D eigenvalue weighted by Gasteiger charge is -2.49. The maximum absolute atomic E-state index is 7.38. The summed E-state index contributed by atoms with van der Waals surface area (Å²) in [6.45, 7) is 27.3. The van der Waals surface area contributed by atoms with E-state index in [2.05, 4.69) is 79.9 Å². The van der Waals surface area contributed by atoms with Gasteiger partial charge in [-0.2, -0.15) is 0 Å². The van der Waals surface area contributed by atoms with E-state index in [1.165, 1.54) is 25.7 Å². The maximum atomic E-state index is 7.38. The van der Waals surface area contributed by atoms with Crippen molar-refractivity contribution in [3.63, 3.8) is 0 Å². The minimum Gasteiger partial charge on any atom is -0.448 e. The average Bonchev–Trinajstić information content (AvgIpc) is 2.60. The Morgan fingerprint density at radius 1 is 0.652 bits per heavy atom. The summed E-state index contributed by atoms with van der Waals surface area (Å²) >= 11 is 0. The Bertz CT molecular complexity index is 313. The highest BCUT2D eigenvalue weighted by Gasteiger charge is 2.51. The van der Waals surface area contributed by atoms with E-state index in [1.54, 1.807) is 0 Å². The van der Waals surface area contributed by atoms with Crippen LogP contribution in [0.25, 0.3) is 0 Å².